The van der Waals surface area contributed by atoms with Crippen molar-refractivity contribution in [2.75, 3.05) is 5.73 Å². The van der Waals surface area contributed by atoms with Gasteiger partial charge in [0.25, 0.3) is 5.91 Å². The lowest BCUT2D eigenvalue weighted by molar-refractivity contribution is -0.137. The molecule has 0 fully saturated rings. The number of aromatic nitrogens is 3. The fourth-order valence-corrected chi connectivity index (χ4v) is 3.37. The van der Waals surface area contributed by atoms with Crippen LogP contribution in [-0.2, 0) is 19.3 Å². The molecule has 0 aliphatic rings. The number of nitrogens with two attached hydrogens (primary N) is 1. The zero-order valence-electron chi connectivity index (χ0n) is 17.1. The molecule has 3 aromatic heterocycles. The zero-order chi connectivity index (χ0) is 22.9. The number of nitrogen functional groups attached to an aromatic ring is 1. The summed E-state index contributed by atoms with van der Waals surface area (Å²) in [5, 5.41) is 0.775. The lowest BCUT2D eigenvalue weighted by atomic mass is 10.1. The van der Waals surface area contributed by atoms with E-state index in [0.717, 1.165) is 28.8 Å². The fourth-order valence-electron chi connectivity index (χ4n) is 3.37. The summed E-state index contributed by atoms with van der Waals surface area (Å²) in [5.74, 6) is 0.156. The number of nitrogens with one attached hydrogen (secondary N) is 1. The molecule has 1 amide bonds. The molecule has 6 nitrogen and oxygen atoms in total. The Labute approximate surface area is 181 Å². The summed E-state index contributed by atoms with van der Waals surface area (Å²) in [6.07, 6.45) is -0.184. The molecular weight excluding hydrogens is 419 g/mol. The van der Waals surface area contributed by atoms with Gasteiger partial charge in [-0.2, -0.15) is 13.2 Å². The van der Waals surface area contributed by atoms with Gasteiger partial charge >= 0.3 is 6.18 Å². The van der Waals surface area contributed by atoms with Gasteiger partial charge in [0.1, 0.15) is 5.82 Å². The minimum Gasteiger partial charge on any atom is -0.383 e. The first kappa shape index (κ1) is 21.4. The number of H-pyrrole nitrogens is 1. The van der Waals surface area contributed by atoms with Crippen LogP contribution in [0.3, 0.4) is 0 Å². The predicted octanol–water partition coefficient (Wildman–Crippen LogP) is 4.71. The maximum atomic E-state index is 13.4. The Kier molecular flexibility index (Phi) is 5.56. The quantitative estimate of drug-likeness (QED) is 0.471. The van der Waals surface area contributed by atoms with Gasteiger partial charge in [0.2, 0.25) is 0 Å². The van der Waals surface area contributed by atoms with Crippen molar-refractivity contribution in [1.82, 2.24) is 19.9 Å². The molecule has 0 atom stereocenters. The van der Waals surface area contributed by atoms with E-state index in [1.54, 1.807) is 30.6 Å². The van der Waals surface area contributed by atoms with E-state index in [-0.39, 0.29) is 19.0 Å². The SMILES string of the molecule is Cc1cc2cc(C(=O)N(Cc3cc[nH]c3)Cc3ccc(C(F)(F)F)cn3)ccc2nc1N. The molecule has 0 bridgehead atoms. The maximum Gasteiger partial charge on any atom is 0.417 e. The number of amides is 1. The lowest BCUT2D eigenvalue weighted by Crippen LogP contribution is -2.30. The highest BCUT2D eigenvalue weighted by atomic mass is 19.4. The van der Waals surface area contributed by atoms with Gasteiger partial charge < -0.3 is 15.6 Å². The molecule has 32 heavy (non-hydrogen) atoms. The number of nitrogens with zero attached hydrogens (tertiary/aromatic N) is 3. The molecule has 0 unspecified atom stereocenters. The van der Waals surface area contributed by atoms with Gasteiger partial charge in [-0.15, -0.1) is 0 Å². The lowest BCUT2D eigenvalue weighted by Gasteiger charge is -2.22. The largest absolute Gasteiger partial charge is 0.417 e. The maximum absolute atomic E-state index is 13.4. The van der Waals surface area contributed by atoms with E-state index in [1.807, 2.05) is 19.1 Å². The van der Waals surface area contributed by atoms with Gasteiger partial charge in [0.15, 0.2) is 0 Å². The van der Waals surface area contributed by atoms with Crippen LogP contribution in [0.1, 0.15) is 32.7 Å². The molecule has 0 saturated carbocycles. The summed E-state index contributed by atoms with van der Waals surface area (Å²) in [5.41, 5.74) is 8.16. The van der Waals surface area contributed by atoms with E-state index >= 15 is 0 Å². The topological polar surface area (TPSA) is 87.9 Å². The van der Waals surface area contributed by atoms with Crippen molar-refractivity contribution in [2.45, 2.75) is 26.2 Å². The Morgan fingerprint density at radius 1 is 1.12 bits per heavy atom. The number of aryl methyl sites for hydroxylation is 1. The first-order chi connectivity index (χ1) is 15.2. The first-order valence-corrected chi connectivity index (χ1v) is 9.80. The van der Waals surface area contributed by atoms with E-state index in [4.69, 9.17) is 5.73 Å². The van der Waals surface area contributed by atoms with E-state index in [1.165, 1.54) is 11.0 Å². The predicted molar refractivity (Wildman–Crippen MR) is 115 cm³/mol. The summed E-state index contributed by atoms with van der Waals surface area (Å²) < 4.78 is 38.5. The number of fused-ring (bicyclic) bond motifs is 1. The van der Waals surface area contributed by atoms with Crippen LogP contribution in [0.15, 0.2) is 61.1 Å². The van der Waals surface area contributed by atoms with Crippen molar-refractivity contribution in [3.63, 3.8) is 0 Å². The molecular formula is C23H20F3N5O. The summed E-state index contributed by atoms with van der Waals surface area (Å²) in [7, 11) is 0. The second kappa shape index (κ2) is 8.33. The number of carbonyl (C=O) groups excluding carboxylic acids is 1. The minimum absolute atomic E-state index is 0.0548. The number of halogens is 3. The average Bonchev–Trinajstić information content (AvgIpc) is 3.26. The number of benzene rings is 1. The molecule has 3 heterocycles. The average molecular weight is 439 g/mol. The van der Waals surface area contributed by atoms with Gasteiger partial charge in [-0.05, 0) is 60.5 Å². The summed E-state index contributed by atoms with van der Waals surface area (Å²) in [6.45, 7) is 2.16. The Morgan fingerprint density at radius 2 is 1.94 bits per heavy atom. The number of rotatable bonds is 5. The number of alkyl halides is 3. The highest BCUT2D eigenvalue weighted by molar-refractivity contribution is 5.98. The van der Waals surface area contributed by atoms with Crippen LogP contribution in [-0.4, -0.2) is 25.8 Å². The number of hydrogen-bond acceptors (Lipinski definition) is 4. The molecule has 3 N–H and O–H groups in total. The summed E-state index contributed by atoms with van der Waals surface area (Å²) >= 11 is 0. The first-order valence-electron chi connectivity index (χ1n) is 9.80. The normalized spacial score (nSPS) is 11.6. The Bertz CT molecular complexity index is 1250. The molecule has 4 aromatic rings. The van der Waals surface area contributed by atoms with Gasteiger partial charge in [0, 0.05) is 36.1 Å². The van der Waals surface area contributed by atoms with Crippen molar-refractivity contribution < 1.29 is 18.0 Å². The second-order valence-electron chi connectivity index (χ2n) is 7.51. The van der Waals surface area contributed by atoms with Crippen molar-refractivity contribution in [3.05, 3.63) is 89.0 Å². The van der Waals surface area contributed by atoms with Crippen LogP contribution < -0.4 is 5.73 Å². The molecule has 164 valence electrons. The number of aromatic amines is 1. The molecule has 0 radical (unpaired) electrons. The minimum atomic E-state index is -4.47. The van der Waals surface area contributed by atoms with Crippen LogP contribution in [0.2, 0.25) is 0 Å². The van der Waals surface area contributed by atoms with Crippen LogP contribution in [0.5, 0.6) is 0 Å². The molecule has 1 aromatic carbocycles. The van der Waals surface area contributed by atoms with Crippen molar-refractivity contribution in [2.24, 2.45) is 0 Å². The van der Waals surface area contributed by atoms with Gasteiger partial charge in [-0.1, -0.05) is 0 Å². The summed E-state index contributed by atoms with van der Waals surface area (Å²) in [6, 6.07) is 11.1. The van der Waals surface area contributed by atoms with Crippen LogP contribution in [0, 0.1) is 6.92 Å². The zero-order valence-corrected chi connectivity index (χ0v) is 17.1. The monoisotopic (exact) mass is 439 g/mol. The van der Waals surface area contributed by atoms with Crippen LogP contribution >= 0.6 is 0 Å². The van der Waals surface area contributed by atoms with Crippen molar-refractivity contribution in [3.8, 4) is 0 Å². The van der Waals surface area contributed by atoms with Crippen molar-refractivity contribution >= 4 is 22.6 Å². The molecule has 0 saturated heterocycles. The van der Waals surface area contributed by atoms with E-state index in [0.29, 0.717) is 22.6 Å². The standard InChI is InChI=1S/C23H20F3N5O/c1-14-8-17-9-16(2-5-20(17)30-21(14)27)22(32)31(12-15-6-7-28-10-15)13-19-4-3-18(11-29-19)23(24,25)26/h2-11,28H,12-13H2,1H3,(H2,27,30). The fraction of sp³-hybridized carbons (Fsp3) is 0.174. The third-order valence-corrected chi connectivity index (χ3v) is 5.12. The Hall–Kier alpha value is -3.88. The Balaban J connectivity index is 1.64. The van der Waals surface area contributed by atoms with Crippen LogP contribution in [0.4, 0.5) is 19.0 Å². The van der Waals surface area contributed by atoms with Crippen LogP contribution in [0.25, 0.3) is 10.9 Å². The molecule has 0 aliphatic heterocycles. The third-order valence-electron chi connectivity index (χ3n) is 5.12. The third kappa shape index (κ3) is 4.56. The molecule has 9 heteroatoms. The van der Waals surface area contributed by atoms with E-state index < -0.39 is 11.7 Å². The summed E-state index contributed by atoms with van der Waals surface area (Å²) in [4.78, 5) is 26.1. The Morgan fingerprint density at radius 3 is 2.59 bits per heavy atom. The molecule has 0 aliphatic carbocycles. The van der Waals surface area contributed by atoms with Gasteiger partial charge in [0.05, 0.1) is 23.3 Å². The number of pyridine rings is 2. The smallest absolute Gasteiger partial charge is 0.383 e. The molecule has 4 rings (SSSR count). The second-order valence-corrected chi connectivity index (χ2v) is 7.51. The van der Waals surface area contributed by atoms with Gasteiger partial charge in [-0.3, -0.25) is 9.78 Å². The number of hydrogen-bond donors (Lipinski definition) is 2. The highest BCUT2D eigenvalue weighted by Crippen LogP contribution is 2.28. The van der Waals surface area contributed by atoms with E-state index in [9.17, 15) is 18.0 Å². The van der Waals surface area contributed by atoms with Gasteiger partial charge in [-0.25, -0.2) is 4.98 Å². The highest BCUT2D eigenvalue weighted by Gasteiger charge is 2.30. The molecule has 0 spiro atoms. The van der Waals surface area contributed by atoms with E-state index in [2.05, 4.69) is 15.0 Å². The van der Waals surface area contributed by atoms with Crippen molar-refractivity contribution in [1.29, 1.82) is 0 Å². The number of anilines is 1. The number of carbonyl (C=O) groups is 1.